The van der Waals surface area contributed by atoms with Crippen molar-refractivity contribution in [2.45, 2.75) is 39.3 Å². The van der Waals surface area contributed by atoms with Gasteiger partial charge >= 0.3 is 0 Å². The second kappa shape index (κ2) is 7.87. The molecule has 3 rings (SSSR count). The van der Waals surface area contributed by atoms with Crippen LogP contribution in [0.5, 0.6) is 0 Å². The molecule has 0 unspecified atom stereocenters. The van der Waals surface area contributed by atoms with Gasteiger partial charge in [0.1, 0.15) is 0 Å². The average molecular weight is 366 g/mol. The van der Waals surface area contributed by atoms with Crippen LogP contribution in [0.1, 0.15) is 39.5 Å². The molecule has 0 fully saturated rings. The van der Waals surface area contributed by atoms with Crippen LogP contribution in [-0.4, -0.2) is 26.7 Å². The number of H-pyrrole nitrogens is 1. The number of rotatable bonds is 6. The first kappa shape index (κ1) is 18.4. The third kappa shape index (κ3) is 4.05. The van der Waals surface area contributed by atoms with Gasteiger partial charge in [0.2, 0.25) is 5.16 Å². The quantitative estimate of drug-likeness (QED) is 0.497. The lowest BCUT2D eigenvalue weighted by Gasteiger charge is -2.08. The number of Topliss-reactive ketones (excluding diaryl/α,β-unsaturated/α-hetero) is 1. The minimum Gasteiger partial charge on any atom is -0.293 e. The molecule has 3 aromatic rings. The summed E-state index contributed by atoms with van der Waals surface area (Å²) in [4.78, 5) is 17.1. The number of thioether (sulfide) groups is 1. The zero-order valence-corrected chi connectivity index (χ0v) is 16.4. The number of benzene rings is 2. The Bertz CT molecular complexity index is 929. The molecule has 0 aliphatic heterocycles. The van der Waals surface area contributed by atoms with Crippen molar-refractivity contribution in [3.8, 4) is 11.4 Å². The number of nitrogens with zero attached hydrogens (tertiary/aromatic N) is 2. The Balaban J connectivity index is 1.68. The number of carbonyl (C=O) groups is 1. The minimum atomic E-state index is 0.106. The number of carbonyl (C=O) groups excluding carboxylic acids is 1. The van der Waals surface area contributed by atoms with Crippen LogP contribution in [0.2, 0.25) is 0 Å². The smallest absolute Gasteiger partial charge is 0.209 e. The van der Waals surface area contributed by atoms with Crippen molar-refractivity contribution < 1.29 is 4.79 Å². The van der Waals surface area contributed by atoms with Crippen LogP contribution in [-0.2, 0) is 6.42 Å². The van der Waals surface area contributed by atoms with Crippen molar-refractivity contribution in [1.82, 2.24) is 15.2 Å². The molecule has 5 heteroatoms. The van der Waals surface area contributed by atoms with Crippen molar-refractivity contribution in [1.29, 1.82) is 0 Å². The monoisotopic (exact) mass is 365 g/mol. The third-order valence-corrected chi connectivity index (χ3v) is 5.42. The van der Waals surface area contributed by atoms with E-state index < -0.39 is 0 Å². The molecule has 1 N–H and O–H groups in total. The second-order valence-electron chi connectivity index (χ2n) is 6.48. The molecule has 0 radical (unpaired) electrons. The molecule has 134 valence electrons. The van der Waals surface area contributed by atoms with E-state index in [4.69, 9.17) is 0 Å². The van der Waals surface area contributed by atoms with E-state index >= 15 is 0 Å². The van der Waals surface area contributed by atoms with Crippen molar-refractivity contribution in [3.05, 3.63) is 64.2 Å². The summed E-state index contributed by atoms with van der Waals surface area (Å²) < 4.78 is 0. The Kier molecular flexibility index (Phi) is 5.57. The number of aromatic amines is 1. The summed E-state index contributed by atoms with van der Waals surface area (Å²) in [6.45, 7) is 8.21. The highest BCUT2D eigenvalue weighted by Gasteiger charge is 2.13. The van der Waals surface area contributed by atoms with Gasteiger partial charge in [0, 0.05) is 11.1 Å². The van der Waals surface area contributed by atoms with E-state index in [2.05, 4.69) is 47.2 Å². The minimum absolute atomic E-state index is 0.106. The topological polar surface area (TPSA) is 58.6 Å². The molecule has 1 aromatic heterocycles. The Morgan fingerprint density at radius 3 is 2.42 bits per heavy atom. The predicted octanol–water partition coefficient (Wildman–Crippen LogP) is 4.93. The van der Waals surface area contributed by atoms with Gasteiger partial charge < -0.3 is 0 Å². The van der Waals surface area contributed by atoms with Crippen LogP contribution < -0.4 is 0 Å². The van der Waals surface area contributed by atoms with Crippen molar-refractivity contribution in [3.63, 3.8) is 0 Å². The van der Waals surface area contributed by atoms with Crippen LogP contribution in [0.15, 0.2) is 41.6 Å². The van der Waals surface area contributed by atoms with E-state index in [-0.39, 0.29) is 5.78 Å². The Morgan fingerprint density at radius 1 is 1.04 bits per heavy atom. The molecule has 0 spiro atoms. The number of nitrogens with one attached hydrogen (secondary N) is 1. The summed E-state index contributed by atoms with van der Waals surface area (Å²) in [5, 5.41) is 7.78. The molecule has 0 saturated heterocycles. The van der Waals surface area contributed by atoms with E-state index in [0.717, 1.165) is 34.5 Å². The molecular formula is C21H23N3OS. The predicted molar refractivity (Wildman–Crippen MR) is 107 cm³/mol. The normalized spacial score (nSPS) is 10.9. The fourth-order valence-electron chi connectivity index (χ4n) is 2.81. The molecular weight excluding hydrogens is 342 g/mol. The zero-order chi connectivity index (χ0) is 18.7. The molecule has 0 bridgehead atoms. The summed E-state index contributed by atoms with van der Waals surface area (Å²) in [7, 11) is 0. The first-order chi connectivity index (χ1) is 12.5. The van der Waals surface area contributed by atoms with Gasteiger partial charge in [-0.1, -0.05) is 49.0 Å². The Hall–Kier alpha value is -2.40. The van der Waals surface area contributed by atoms with E-state index in [0.29, 0.717) is 10.9 Å². The lowest BCUT2D eigenvalue weighted by molar-refractivity contribution is 0.102. The third-order valence-electron chi connectivity index (χ3n) is 4.57. The number of hydrogen-bond donors (Lipinski definition) is 1. The van der Waals surface area contributed by atoms with Gasteiger partial charge in [-0.3, -0.25) is 9.89 Å². The van der Waals surface area contributed by atoms with Crippen LogP contribution in [0, 0.1) is 20.8 Å². The highest BCUT2D eigenvalue weighted by Crippen LogP contribution is 2.22. The van der Waals surface area contributed by atoms with Crippen molar-refractivity contribution >= 4 is 17.5 Å². The van der Waals surface area contributed by atoms with Crippen LogP contribution in [0.4, 0.5) is 0 Å². The molecule has 0 saturated carbocycles. The van der Waals surface area contributed by atoms with Gasteiger partial charge in [0.05, 0.1) is 5.75 Å². The summed E-state index contributed by atoms with van der Waals surface area (Å²) in [6.07, 6.45) is 1.01. The molecule has 4 nitrogen and oxygen atoms in total. The molecule has 1 heterocycles. The van der Waals surface area contributed by atoms with Gasteiger partial charge in [0.15, 0.2) is 11.6 Å². The van der Waals surface area contributed by atoms with E-state index in [1.54, 1.807) is 0 Å². The van der Waals surface area contributed by atoms with E-state index in [9.17, 15) is 4.79 Å². The maximum absolute atomic E-state index is 12.6. The maximum Gasteiger partial charge on any atom is 0.209 e. The van der Waals surface area contributed by atoms with Crippen molar-refractivity contribution in [2.24, 2.45) is 0 Å². The zero-order valence-electron chi connectivity index (χ0n) is 15.6. The number of ketones is 1. The molecule has 0 atom stereocenters. The van der Waals surface area contributed by atoms with E-state index in [1.165, 1.54) is 22.9 Å². The number of aromatic nitrogens is 3. The summed E-state index contributed by atoms with van der Waals surface area (Å²) in [5.41, 5.74) is 6.44. The molecule has 0 amide bonds. The summed E-state index contributed by atoms with van der Waals surface area (Å²) >= 11 is 1.36. The number of aryl methyl sites for hydroxylation is 4. The van der Waals surface area contributed by atoms with Gasteiger partial charge in [-0.25, -0.2) is 4.98 Å². The molecule has 0 aliphatic rings. The van der Waals surface area contributed by atoms with Crippen LogP contribution >= 0.6 is 11.8 Å². The molecule has 2 aromatic carbocycles. The molecule has 26 heavy (non-hydrogen) atoms. The average Bonchev–Trinajstić information content (AvgIpc) is 3.12. The first-order valence-electron chi connectivity index (χ1n) is 8.73. The first-order valence-corrected chi connectivity index (χ1v) is 9.72. The second-order valence-corrected chi connectivity index (χ2v) is 7.42. The van der Waals surface area contributed by atoms with Crippen molar-refractivity contribution in [2.75, 3.05) is 5.75 Å². The molecule has 0 aliphatic carbocycles. The fraction of sp³-hybridized carbons (Fsp3) is 0.286. The lowest BCUT2D eigenvalue weighted by Crippen LogP contribution is -2.06. The van der Waals surface area contributed by atoms with Gasteiger partial charge in [-0.15, -0.1) is 5.10 Å². The maximum atomic E-state index is 12.6. The highest BCUT2D eigenvalue weighted by atomic mass is 32.2. The van der Waals surface area contributed by atoms with Gasteiger partial charge in [-0.05, 0) is 55.5 Å². The van der Waals surface area contributed by atoms with E-state index in [1.807, 2.05) is 32.0 Å². The summed E-state index contributed by atoms with van der Waals surface area (Å²) in [6, 6.07) is 12.3. The lowest BCUT2D eigenvalue weighted by atomic mass is 9.99. The Labute approximate surface area is 158 Å². The summed E-state index contributed by atoms with van der Waals surface area (Å²) in [5.74, 6) is 1.16. The van der Waals surface area contributed by atoms with Crippen LogP contribution in [0.25, 0.3) is 11.4 Å². The SMILES string of the molecule is CCc1ccc(-c2nc(SCC(=O)c3cc(C)c(C)cc3C)n[nH]2)cc1. The van der Waals surface area contributed by atoms with Crippen LogP contribution in [0.3, 0.4) is 0 Å². The highest BCUT2D eigenvalue weighted by molar-refractivity contribution is 7.99. The van der Waals surface area contributed by atoms with Gasteiger partial charge in [-0.2, -0.15) is 0 Å². The Morgan fingerprint density at radius 2 is 1.73 bits per heavy atom. The standard InChI is InChI=1S/C21H23N3OS/c1-5-16-6-8-17(9-7-16)20-22-21(24-23-20)26-12-19(25)18-11-14(3)13(2)10-15(18)4/h6-11H,5,12H2,1-4H3,(H,22,23,24). The van der Waals surface area contributed by atoms with Gasteiger partial charge in [0.25, 0.3) is 0 Å². The largest absolute Gasteiger partial charge is 0.293 e. The fourth-order valence-corrected chi connectivity index (χ4v) is 3.49. The number of hydrogen-bond acceptors (Lipinski definition) is 4.